The van der Waals surface area contributed by atoms with E-state index in [1.165, 1.54) is 31.2 Å². The molecule has 2 aromatic carbocycles. The van der Waals surface area contributed by atoms with Gasteiger partial charge in [-0.3, -0.25) is 14.4 Å². The van der Waals surface area contributed by atoms with Gasteiger partial charge in [0.1, 0.15) is 5.82 Å². The highest BCUT2D eigenvalue weighted by molar-refractivity contribution is 6.00. The number of para-hydroxylation sites is 1. The molecule has 2 aromatic rings. The highest BCUT2D eigenvalue weighted by atomic mass is 19.1. The molecule has 0 saturated carbocycles. The zero-order valence-electron chi connectivity index (χ0n) is 15.0. The second-order valence-electron chi connectivity index (χ2n) is 6.43. The highest BCUT2D eigenvalue weighted by Gasteiger charge is 2.29. The number of hydrogen-bond donors (Lipinski definition) is 0. The number of benzene rings is 2. The molecule has 1 aliphatic heterocycles. The number of nitrogens with zero attached hydrogens (tertiary/aromatic N) is 1. The summed E-state index contributed by atoms with van der Waals surface area (Å²) in [6.45, 7) is 2.09. The van der Waals surface area contributed by atoms with Crippen LogP contribution in [0.4, 0.5) is 10.1 Å². The molecule has 0 aliphatic carbocycles. The summed E-state index contributed by atoms with van der Waals surface area (Å²) in [6, 6.07) is 12.8. The van der Waals surface area contributed by atoms with Crippen LogP contribution in [0.1, 0.15) is 35.7 Å². The Bertz CT molecular complexity index is 863. The highest BCUT2D eigenvalue weighted by Crippen LogP contribution is 2.28. The quantitative estimate of drug-likeness (QED) is 0.579. The van der Waals surface area contributed by atoms with Crippen LogP contribution in [0.5, 0.6) is 0 Å². The molecule has 0 aromatic heterocycles. The van der Waals surface area contributed by atoms with Gasteiger partial charge in [-0.05, 0) is 49.2 Å². The summed E-state index contributed by atoms with van der Waals surface area (Å²) >= 11 is 0. The monoisotopic (exact) mass is 369 g/mol. The molecule has 140 valence electrons. The Morgan fingerprint density at radius 2 is 1.78 bits per heavy atom. The van der Waals surface area contributed by atoms with Crippen molar-refractivity contribution < 1.29 is 23.5 Å². The Kier molecular flexibility index (Phi) is 5.64. The third-order valence-electron chi connectivity index (χ3n) is 4.53. The van der Waals surface area contributed by atoms with Crippen molar-refractivity contribution >= 4 is 23.3 Å². The van der Waals surface area contributed by atoms with E-state index in [2.05, 4.69) is 0 Å². The molecule has 1 heterocycles. The second kappa shape index (κ2) is 8.12. The zero-order chi connectivity index (χ0) is 19.4. The van der Waals surface area contributed by atoms with E-state index in [0.29, 0.717) is 12.1 Å². The van der Waals surface area contributed by atoms with E-state index in [1.54, 1.807) is 4.90 Å². The van der Waals surface area contributed by atoms with E-state index < -0.39 is 17.9 Å². The van der Waals surface area contributed by atoms with E-state index in [0.717, 1.165) is 17.7 Å². The van der Waals surface area contributed by atoms with E-state index in [4.69, 9.17) is 4.74 Å². The van der Waals surface area contributed by atoms with Crippen molar-refractivity contribution in [2.24, 2.45) is 0 Å². The number of hydrogen-bond acceptors (Lipinski definition) is 4. The summed E-state index contributed by atoms with van der Waals surface area (Å²) in [6.07, 6.45) is -0.346. The van der Waals surface area contributed by atoms with Gasteiger partial charge >= 0.3 is 5.97 Å². The molecule has 0 bridgehead atoms. The molecule has 6 heteroatoms. The number of fused-ring (bicyclic) bond motifs is 1. The van der Waals surface area contributed by atoms with Crippen molar-refractivity contribution in [3.63, 3.8) is 0 Å². The van der Waals surface area contributed by atoms with Crippen LogP contribution in [-0.2, 0) is 20.7 Å². The van der Waals surface area contributed by atoms with Crippen LogP contribution in [0.25, 0.3) is 0 Å². The first kappa shape index (κ1) is 18.8. The Labute approximate surface area is 156 Å². The molecule has 0 unspecified atom stereocenters. The average Bonchev–Trinajstić information content (AvgIpc) is 3.10. The summed E-state index contributed by atoms with van der Waals surface area (Å²) in [4.78, 5) is 38.2. The molecule has 0 spiro atoms. The minimum absolute atomic E-state index is 0.0576. The number of carbonyl (C=O) groups excluding carboxylic acids is 3. The molecule has 0 saturated heterocycles. The SMILES string of the molecule is C[C@H](OC(=O)CCC(=O)c1ccc(F)cc1)C(=O)N1CCc2ccccc21. The molecule has 0 fully saturated rings. The number of esters is 1. The Morgan fingerprint density at radius 1 is 1.07 bits per heavy atom. The van der Waals surface area contributed by atoms with E-state index >= 15 is 0 Å². The number of Topliss-reactive ketones (excluding diaryl/α,β-unsaturated/α-hetero) is 1. The summed E-state index contributed by atoms with van der Waals surface area (Å²) in [5.41, 5.74) is 2.27. The molecule has 0 radical (unpaired) electrons. The molecule has 3 rings (SSSR count). The van der Waals surface area contributed by atoms with Crippen LogP contribution in [0.3, 0.4) is 0 Å². The van der Waals surface area contributed by atoms with Gasteiger partial charge in [0, 0.05) is 24.2 Å². The largest absolute Gasteiger partial charge is 0.453 e. The molecule has 1 atom stereocenters. The standard InChI is InChI=1S/C21H20FNO4/c1-14(21(26)23-13-12-15-4-2-3-5-18(15)23)27-20(25)11-10-19(24)16-6-8-17(22)9-7-16/h2-9,14H,10-13H2,1H3/t14-/m0/s1. The van der Waals surface area contributed by atoms with Crippen molar-refractivity contribution in [2.75, 3.05) is 11.4 Å². The van der Waals surface area contributed by atoms with Gasteiger partial charge in [0.15, 0.2) is 11.9 Å². The molecule has 0 N–H and O–H groups in total. The van der Waals surface area contributed by atoms with Gasteiger partial charge in [0.2, 0.25) is 0 Å². The van der Waals surface area contributed by atoms with Gasteiger partial charge in [-0.25, -0.2) is 4.39 Å². The van der Waals surface area contributed by atoms with Crippen LogP contribution in [0.15, 0.2) is 48.5 Å². The van der Waals surface area contributed by atoms with E-state index in [1.807, 2.05) is 24.3 Å². The van der Waals surface area contributed by atoms with Crippen molar-refractivity contribution in [3.8, 4) is 0 Å². The summed E-state index contributed by atoms with van der Waals surface area (Å²) in [7, 11) is 0. The maximum absolute atomic E-state index is 12.9. The van der Waals surface area contributed by atoms with Gasteiger partial charge in [-0.1, -0.05) is 18.2 Å². The lowest BCUT2D eigenvalue weighted by atomic mass is 10.1. The first-order valence-electron chi connectivity index (χ1n) is 8.83. The first-order valence-corrected chi connectivity index (χ1v) is 8.83. The number of carbonyl (C=O) groups is 3. The number of amides is 1. The molecule has 5 nitrogen and oxygen atoms in total. The zero-order valence-corrected chi connectivity index (χ0v) is 15.0. The molecular weight excluding hydrogens is 349 g/mol. The summed E-state index contributed by atoms with van der Waals surface area (Å²) in [5, 5.41) is 0. The summed E-state index contributed by atoms with van der Waals surface area (Å²) < 4.78 is 18.1. The van der Waals surface area contributed by atoms with Crippen molar-refractivity contribution in [2.45, 2.75) is 32.3 Å². The number of anilines is 1. The fraction of sp³-hybridized carbons (Fsp3) is 0.286. The average molecular weight is 369 g/mol. The Morgan fingerprint density at radius 3 is 2.52 bits per heavy atom. The smallest absolute Gasteiger partial charge is 0.307 e. The van der Waals surface area contributed by atoms with Crippen LogP contribution in [-0.4, -0.2) is 30.3 Å². The molecule has 1 amide bonds. The minimum atomic E-state index is -0.926. The lowest BCUT2D eigenvalue weighted by Gasteiger charge is -2.21. The maximum atomic E-state index is 12.9. The predicted molar refractivity (Wildman–Crippen MR) is 98.0 cm³/mol. The number of ether oxygens (including phenoxy) is 1. The van der Waals surface area contributed by atoms with Crippen LogP contribution in [0.2, 0.25) is 0 Å². The predicted octanol–water partition coefficient (Wildman–Crippen LogP) is 3.31. The molecular formula is C21H20FNO4. The van der Waals surface area contributed by atoms with Crippen molar-refractivity contribution in [3.05, 3.63) is 65.5 Å². The fourth-order valence-electron chi connectivity index (χ4n) is 3.09. The third-order valence-corrected chi connectivity index (χ3v) is 4.53. The third kappa shape index (κ3) is 4.39. The normalized spacial score (nSPS) is 13.8. The second-order valence-corrected chi connectivity index (χ2v) is 6.43. The molecule has 27 heavy (non-hydrogen) atoms. The Hall–Kier alpha value is -3.02. The topological polar surface area (TPSA) is 63.7 Å². The summed E-state index contributed by atoms with van der Waals surface area (Å²) in [5.74, 6) is -1.60. The van der Waals surface area contributed by atoms with E-state index in [-0.39, 0.29) is 24.5 Å². The van der Waals surface area contributed by atoms with Gasteiger partial charge in [-0.15, -0.1) is 0 Å². The lowest BCUT2D eigenvalue weighted by Crippen LogP contribution is -2.39. The van der Waals surface area contributed by atoms with Crippen molar-refractivity contribution in [1.29, 1.82) is 0 Å². The van der Waals surface area contributed by atoms with Gasteiger partial charge in [0.25, 0.3) is 5.91 Å². The maximum Gasteiger partial charge on any atom is 0.307 e. The first-order chi connectivity index (χ1) is 13.0. The lowest BCUT2D eigenvalue weighted by molar-refractivity contribution is -0.153. The van der Waals surface area contributed by atoms with Gasteiger partial charge in [-0.2, -0.15) is 0 Å². The van der Waals surface area contributed by atoms with Crippen molar-refractivity contribution in [1.82, 2.24) is 0 Å². The Balaban J connectivity index is 1.51. The minimum Gasteiger partial charge on any atom is -0.453 e. The van der Waals surface area contributed by atoms with Crippen LogP contribution >= 0.6 is 0 Å². The number of rotatable bonds is 6. The van der Waals surface area contributed by atoms with Crippen LogP contribution < -0.4 is 4.90 Å². The van der Waals surface area contributed by atoms with Crippen LogP contribution in [0, 0.1) is 5.82 Å². The van der Waals surface area contributed by atoms with E-state index in [9.17, 15) is 18.8 Å². The molecule has 1 aliphatic rings. The number of ketones is 1. The van der Waals surface area contributed by atoms with Gasteiger partial charge < -0.3 is 9.64 Å². The van der Waals surface area contributed by atoms with Gasteiger partial charge in [0.05, 0.1) is 6.42 Å². The number of halogens is 1. The fourth-order valence-corrected chi connectivity index (χ4v) is 3.09.